The number of aliphatic hydroxyl groups is 6. The van der Waals surface area contributed by atoms with Gasteiger partial charge < -0.3 is 50.2 Å². The molecule has 0 saturated carbocycles. The number of carbonyl (C=O) groups excluding carboxylic acids is 1. The molecule has 1 fully saturated rings. The molecule has 1 amide bonds. The van der Waals surface area contributed by atoms with E-state index >= 15 is 0 Å². The number of hydrogen-bond acceptors (Lipinski definition) is 10. The van der Waals surface area contributed by atoms with E-state index in [1.165, 1.54) is 0 Å². The van der Waals surface area contributed by atoms with E-state index in [-0.39, 0.29) is 17.8 Å². The monoisotopic (exact) mass is 605 g/mol. The van der Waals surface area contributed by atoms with Crippen molar-refractivity contribution in [1.82, 2.24) is 5.32 Å². The second-order valence-corrected chi connectivity index (χ2v) is 11.8. The van der Waals surface area contributed by atoms with Crippen LogP contribution in [0.5, 0.6) is 11.5 Å². The molecule has 5 unspecified atom stereocenters. The fourth-order valence-corrected chi connectivity index (χ4v) is 4.87. The Kier molecular flexibility index (Phi) is 12.9. The molecule has 1 saturated heterocycles. The maximum absolute atomic E-state index is 13.4. The first-order chi connectivity index (χ1) is 20.3. The zero-order valence-electron chi connectivity index (χ0n) is 25.4. The molecule has 11 nitrogen and oxygen atoms in total. The van der Waals surface area contributed by atoms with Crippen LogP contribution in [0, 0.1) is 17.8 Å². The Bertz CT molecular complexity index is 1110. The molecule has 2 aromatic rings. The molecule has 43 heavy (non-hydrogen) atoms. The van der Waals surface area contributed by atoms with Crippen molar-refractivity contribution >= 4 is 5.91 Å². The molecule has 0 aliphatic carbocycles. The van der Waals surface area contributed by atoms with Crippen LogP contribution in [0.15, 0.2) is 54.6 Å². The minimum atomic E-state index is -1.65. The van der Waals surface area contributed by atoms with Gasteiger partial charge in [0.25, 0.3) is 0 Å². The summed E-state index contributed by atoms with van der Waals surface area (Å²) in [7, 11) is 0. The highest BCUT2D eigenvalue weighted by atomic mass is 16.7. The normalized spacial score (nSPS) is 26.7. The molecule has 11 atom stereocenters. The Balaban J connectivity index is 1.71. The van der Waals surface area contributed by atoms with Gasteiger partial charge in [-0.1, -0.05) is 65.0 Å². The molecule has 1 aliphatic heterocycles. The molecule has 0 bridgehead atoms. The first-order valence-corrected chi connectivity index (χ1v) is 14.8. The fraction of sp³-hybridized carbons (Fsp3) is 0.594. The highest BCUT2D eigenvalue weighted by Gasteiger charge is 2.45. The number of carbonyl (C=O) groups is 1. The summed E-state index contributed by atoms with van der Waals surface area (Å²) in [5, 5.41) is 64.8. The summed E-state index contributed by atoms with van der Waals surface area (Å²) < 4.78 is 16.9. The molecule has 7 N–H and O–H groups in total. The van der Waals surface area contributed by atoms with Crippen LogP contribution in [-0.2, 0) is 14.3 Å². The molecular weight excluding hydrogens is 558 g/mol. The average molecular weight is 606 g/mol. The van der Waals surface area contributed by atoms with Gasteiger partial charge in [0.05, 0.1) is 25.4 Å². The van der Waals surface area contributed by atoms with E-state index < -0.39 is 74.0 Å². The summed E-state index contributed by atoms with van der Waals surface area (Å²) in [5.41, 5.74) is 0.895. The molecule has 11 heteroatoms. The Morgan fingerprint density at radius 2 is 1.47 bits per heavy atom. The summed E-state index contributed by atoms with van der Waals surface area (Å²) in [5.74, 6) is -0.115. The van der Waals surface area contributed by atoms with Crippen LogP contribution in [-0.4, -0.2) is 98.7 Å². The van der Waals surface area contributed by atoms with Crippen molar-refractivity contribution in [3.8, 4) is 11.5 Å². The van der Waals surface area contributed by atoms with Crippen LogP contribution in [0.25, 0.3) is 0 Å². The number of nitrogens with one attached hydrogen (secondary N) is 1. The van der Waals surface area contributed by atoms with E-state index in [1.54, 1.807) is 13.8 Å². The summed E-state index contributed by atoms with van der Waals surface area (Å²) in [6.07, 6.45) is -10.2. The van der Waals surface area contributed by atoms with Gasteiger partial charge >= 0.3 is 0 Å². The van der Waals surface area contributed by atoms with Crippen molar-refractivity contribution in [3.63, 3.8) is 0 Å². The summed E-state index contributed by atoms with van der Waals surface area (Å²) in [6, 6.07) is 15.7. The molecule has 1 heterocycles. The van der Waals surface area contributed by atoms with Crippen molar-refractivity contribution in [2.75, 3.05) is 13.2 Å². The van der Waals surface area contributed by atoms with Crippen molar-refractivity contribution in [3.05, 3.63) is 60.2 Å². The Hall–Kier alpha value is -2.61. The van der Waals surface area contributed by atoms with Crippen LogP contribution >= 0.6 is 0 Å². The Morgan fingerprint density at radius 3 is 2.05 bits per heavy atom. The average Bonchev–Trinajstić information content (AvgIpc) is 3.01. The number of rotatable bonds is 14. The molecule has 0 radical (unpaired) electrons. The quantitative estimate of drug-likeness (QED) is 0.167. The van der Waals surface area contributed by atoms with Gasteiger partial charge in [-0.05, 0) is 47.6 Å². The van der Waals surface area contributed by atoms with Crippen molar-refractivity contribution in [1.29, 1.82) is 0 Å². The number of amides is 1. The van der Waals surface area contributed by atoms with Gasteiger partial charge in [0.2, 0.25) is 5.91 Å². The number of hydrogen-bond donors (Lipinski definition) is 7. The van der Waals surface area contributed by atoms with Gasteiger partial charge in [0, 0.05) is 5.92 Å². The number of benzene rings is 2. The van der Waals surface area contributed by atoms with Gasteiger partial charge in [0.15, 0.2) is 6.29 Å². The highest BCUT2D eigenvalue weighted by molar-refractivity contribution is 5.79. The van der Waals surface area contributed by atoms with E-state index in [0.717, 1.165) is 5.56 Å². The standard InChI is InChI=1S/C32H47NO10/c1-17(2)18(3)26(35)27(36)24(16-41-32-30(39)29(38)28(37)25(15-34)43-32)33-31(40)20(5)19(4)21-11-13-23(14-12-21)42-22-9-7-6-8-10-22/h6-14,17-20,24-30,32,34-39H,15-16H2,1-5H3,(H,33,40)/t18?,19?,20?,24-,25?,26+,27-,28+,29-,30?,32-/m0/s1. The van der Waals surface area contributed by atoms with Gasteiger partial charge in [0.1, 0.15) is 42.0 Å². The lowest BCUT2D eigenvalue weighted by Crippen LogP contribution is -2.60. The number of para-hydroxylation sites is 1. The number of ether oxygens (including phenoxy) is 3. The summed E-state index contributed by atoms with van der Waals surface area (Å²) in [6.45, 7) is 8.21. The van der Waals surface area contributed by atoms with E-state index in [1.807, 2.05) is 75.4 Å². The van der Waals surface area contributed by atoms with E-state index in [2.05, 4.69) is 5.32 Å². The molecule has 0 spiro atoms. The van der Waals surface area contributed by atoms with Gasteiger partial charge in [-0.3, -0.25) is 4.79 Å². The topological polar surface area (TPSA) is 178 Å². The molecule has 0 aromatic heterocycles. The number of aliphatic hydroxyl groups excluding tert-OH is 6. The Labute approximate surface area is 253 Å². The lowest BCUT2D eigenvalue weighted by molar-refractivity contribution is -0.303. The lowest BCUT2D eigenvalue weighted by atomic mass is 9.86. The second kappa shape index (κ2) is 15.9. The fourth-order valence-electron chi connectivity index (χ4n) is 4.87. The third kappa shape index (κ3) is 8.96. The molecule has 1 aliphatic rings. The van der Waals surface area contributed by atoms with Crippen molar-refractivity contribution in [2.45, 2.75) is 89.5 Å². The SMILES string of the molecule is CC(C)C(C)[C@@H](O)[C@@H](O)[C@H](CO[C@H]1OC(CO)[C@@H](O)[C@H](O)C1O)NC(=O)C(C)C(C)c1ccc(Oc2ccccc2)cc1. The zero-order valence-corrected chi connectivity index (χ0v) is 25.4. The van der Waals surface area contributed by atoms with E-state index in [4.69, 9.17) is 14.2 Å². The van der Waals surface area contributed by atoms with Crippen LogP contribution < -0.4 is 10.1 Å². The molecular formula is C32H47NO10. The largest absolute Gasteiger partial charge is 0.457 e. The molecule has 2 aromatic carbocycles. The summed E-state index contributed by atoms with van der Waals surface area (Å²) >= 11 is 0. The van der Waals surface area contributed by atoms with Crippen LogP contribution in [0.4, 0.5) is 0 Å². The second-order valence-electron chi connectivity index (χ2n) is 11.8. The maximum Gasteiger partial charge on any atom is 0.223 e. The van der Waals surface area contributed by atoms with Gasteiger partial charge in [-0.25, -0.2) is 0 Å². The Morgan fingerprint density at radius 1 is 0.860 bits per heavy atom. The zero-order chi connectivity index (χ0) is 31.8. The van der Waals surface area contributed by atoms with Gasteiger partial charge in [-0.2, -0.15) is 0 Å². The highest BCUT2D eigenvalue weighted by Crippen LogP contribution is 2.29. The lowest BCUT2D eigenvalue weighted by Gasteiger charge is -2.40. The predicted octanol–water partition coefficient (Wildman–Crippen LogP) is 1.53. The van der Waals surface area contributed by atoms with E-state index in [9.17, 15) is 35.4 Å². The van der Waals surface area contributed by atoms with E-state index in [0.29, 0.717) is 11.5 Å². The van der Waals surface area contributed by atoms with Gasteiger partial charge in [-0.15, -0.1) is 0 Å². The predicted molar refractivity (Wildman–Crippen MR) is 158 cm³/mol. The smallest absolute Gasteiger partial charge is 0.223 e. The maximum atomic E-state index is 13.4. The van der Waals surface area contributed by atoms with Crippen molar-refractivity contribution in [2.24, 2.45) is 17.8 Å². The van der Waals surface area contributed by atoms with Crippen LogP contribution in [0.3, 0.4) is 0 Å². The first-order valence-electron chi connectivity index (χ1n) is 14.8. The van der Waals surface area contributed by atoms with Crippen LogP contribution in [0.2, 0.25) is 0 Å². The third-order valence-corrected chi connectivity index (χ3v) is 8.52. The summed E-state index contributed by atoms with van der Waals surface area (Å²) in [4.78, 5) is 13.4. The minimum absolute atomic E-state index is 0.0279. The minimum Gasteiger partial charge on any atom is -0.457 e. The first kappa shape index (κ1) is 34.9. The third-order valence-electron chi connectivity index (χ3n) is 8.52. The van der Waals surface area contributed by atoms with Crippen LogP contribution in [0.1, 0.15) is 46.1 Å². The molecule has 240 valence electrons. The molecule has 3 rings (SSSR count). The van der Waals surface area contributed by atoms with Crippen molar-refractivity contribution < 1.29 is 49.6 Å².